The first-order chi connectivity index (χ1) is 14.0. The van der Waals surface area contributed by atoms with Crippen molar-refractivity contribution < 1.29 is 19.0 Å². The summed E-state index contributed by atoms with van der Waals surface area (Å²) >= 11 is 0. The van der Waals surface area contributed by atoms with E-state index in [0.29, 0.717) is 25.2 Å². The monoisotopic (exact) mass is 403 g/mol. The maximum absolute atomic E-state index is 15.6. The Kier molecular flexibility index (Phi) is 3.97. The highest BCUT2D eigenvalue weighted by molar-refractivity contribution is 6.04. The van der Waals surface area contributed by atoms with Crippen molar-refractivity contribution in [3.63, 3.8) is 0 Å². The van der Waals surface area contributed by atoms with Crippen molar-refractivity contribution in [2.75, 3.05) is 30.0 Å². The number of hydrogen-bond acceptors (Lipinski definition) is 7. The van der Waals surface area contributed by atoms with Gasteiger partial charge in [-0.3, -0.25) is 10.6 Å². The zero-order valence-electron chi connectivity index (χ0n) is 15.7. The van der Waals surface area contributed by atoms with Crippen molar-refractivity contribution in [3.8, 4) is 5.75 Å². The van der Waals surface area contributed by atoms with Gasteiger partial charge in [-0.25, -0.2) is 9.18 Å². The number of hydrazine groups is 1. The molecule has 6 N–H and O–H groups in total. The summed E-state index contributed by atoms with van der Waals surface area (Å²) in [5, 5.41) is 9.40. The number of carbonyl (C=O) groups is 1. The lowest BCUT2D eigenvalue weighted by Crippen LogP contribution is -2.39. The highest BCUT2D eigenvalue weighted by Gasteiger charge is 2.42. The van der Waals surface area contributed by atoms with Gasteiger partial charge in [-0.2, -0.15) is 0 Å². The summed E-state index contributed by atoms with van der Waals surface area (Å²) in [5.74, 6) is 4.03. The van der Waals surface area contributed by atoms with Crippen molar-refractivity contribution in [2.24, 2.45) is 17.5 Å². The molecule has 2 unspecified atom stereocenters. The predicted octanol–water partition coefficient (Wildman–Crippen LogP) is 1.01. The van der Waals surface area contributed by atoms with E-state index in [0.717, 1.165) is 19.3 Å². The van der Waals surface area contributed by atoms with Gasteiger partial charge in [-0.1, -0.05) is 0 Å². The molecule has 1 saturated heterocycles. The molecule has 2 atom stereocenters. The van der Waals surface area contributed by atoms with Crippen molar-refractivity contribution in [1.29, 1.82) is 0 Å². The lowest BCUT2D eigenvalue weighted by molar-refractivity contribution is 0.0695. The zero-order valence-corrected chi connectivity index (χ0v) is 15.7. The van der Waals surface area contributed by atoms with E-state index in [1.54, 1.807) is 4.57 Å². The number of ether oxygens (including phenoxy) is 1. The van der Waals surface area contributed by atoms with E-state index in [4.69, 9.17) is 16.3 Å². The molecule has 10 heteroatoms. The van der Waals surface area contributed by atoms with Gasteiger partial charge in [0, 0.05) is 18.8 Å². The number of anilines is 2. The number of carboxylic acid groups (broad SMARTS) is 1. The lowest BCUT2D eigenvalue weighted by atomic mass is 10.0. The van der Waals surface area contributed by atoms with Gasteiger partial charge in [0.1, 0.15) is 23.5 Å². The number of nitrogen functional groups attached to an aromatic ring is 1. The van der Waals surface area contributed by atoms with Crippen LogP contribution in [-0.4, -0.2) is 41.4 Å². The number of benzene rings is 1. The van der Waals surface area contributed by atoms with Crippen LogP contribution >= 0.6 is 0 Å². The molecule has 0 bridgehead atoms. The third kappa shape index (κ3) is 2.52. The molecule has 3 aliphatic rings. The van der Waals surface area contributed by atoms with Gasteiger partial charge >= 0.3 is 5.97 Å². The fourth-order valence-corrected chi connectivity index (χ4v) is 4.65. The third-order valence-corrected chi connectivity index (χ3v) is 6.20. The number of nitrogens with zero attached hydrogens (tertiary/aromatic N) is 2. The number of fused-ring (bicyclic) bond motifs is 5. The number of aromatic nitrogens is 1. The average molecular weight is 403 g/mol. The number of aromatic carboxylic acids is 1. The van der Waals surface area contributed by atoms with E-state index < -0.39 is 22.8 Å². The number of rotatable bonds is 4. The Bertz CT molecular complexity index is 1100. The molecule has 29 heavy (non-hydrogen) atoms. The molecule has 0 amide bonds. The van der Waals surface area contributed by atoms with Crippen LogP contribution in [0, 0.1) is 11.7 Å². The molecule has 3 heterocycles. The first kappa shape index (κ1) is 18.2. The van der Waals surface area contributed by atoms with Crippen LogP contribution in [0.1, 0.15) is 35.7 Å². The second-order valence-corrected chi connectivity index (χ2v) is 8.00. The Morgan fingerprint density at radius 2 is 2.14 bits per heavy atom. The van der Waals surface area contributed by atoms with Gasteiger partial charge in [0.15, 0.2) is 11.6 Å². The fourth-order valence-electron chi connectivity index (χ4n) is 4.65. The molecule has 1 aromatic heterocycles. The summed E-state index contributed by atoms with van der Waals surface area (Å²) in [7, 11) is 0. The second-order valence-electron chi connectivity index (χ2n) is 8.00. The van der Waals surface area contributed by atoms with Crippen LogP contribution in [0.4, 0.5) is 15.8 Å². The topological polar surface area (TPSA) is 136 Å². The van der Waals surface area contributed by atoms with E-state index in [1.807, 2.05) is 4.90 Å². The SMILES string of the molecule is NCC1CC2COc3c(c(F)c(NN)c4c(=O)c(C(=O)O)cn(C5CC5)c34)N2C1. The number of hydrogen-bond donors (Lipinski definition) is 4. The summed E-state index contributed by atoms with van der Waals surface area (Å²) in [4.78, 5) is 26.6. The first-order valence-electron chi connectivity index (χ1n) is 9.70. The molecule has 9 nitrogen and oxygen atoms in total. The predicted molar refractivity (Wildman–Crippen MR) is 105 cm³/mol. The number of pyridine rings is 1. The van der Waals surface area contributed by atoms with Crippen molar-refractivity contribution in [2.45, 2.75) is 31.3 Å². The van der Waals surface area contributed by atoms with E-state index in [9.17, 15) is 14.7 Å². The van der Waals surface area contributed by atoms with Gasteiger partial charge in [0.2, 0.25) is 5.43 Å². The van der Waals surface area contributed by atoms with Crippen LogP contribution in [0.25, 0.3) is 10.9 Å². The Labute approximate surface area is 165 Å². The smallest absolute Gasteiger partial charge is 0.341 e. The van der Waals surface area contributed by atoms with Gasteiger partial charge in [0.25, 0.3) is 0 Å². The Morgan fingerprint density at radius 1 is 1.38 bits per heavy atom. The van der Waals surface area contributed by atoms with Crippen LogP contribution in [0.3, 0.4) is 0 Å². The third-order valence-electron chi connectivity index (χ3n) is 6.20. The highest BCUT2D eigenvalue weighted by Crippen LogP contribution is 2.50. The summed E-state index contributed by atoms with van der Waals surface area (Å²) in [5.41, 5.74) is 7.37. The van der Waals surface area contributed by atoms with E-state index in [1.165, 1.54) is 6.20 Å². The Balaban J connectivity index is 1.88. The lowest BCUT2D eigenvalue weighted by Gasteiger charge is -2.35. The maximum atomic E-state index is 15.6. The minimum atomic E-state index is -1.36. The van der Waals surface area contributed by atoms with Crippen molar-refractivity contribution in [3.05, 3.63) is 27.8 Å². The molecule has 2 aromatic rings. The molecular weight excluding hydrogens is 381 g/mol. The van der Waals surface area contributed by atoms with Crippen LogP contribution in [0.2, 0.25) is 0 Å². The standard InChI is InChI=1S/C19H22FN5O4/c20-13-14(23-22)12-15(25(9-1-2-9)6-11(17(12)26)19(27)28)18-16(13)24-5-8(4-21)3-10(24)7-29-18/h6,8-10,23H,1-5,7,21-22H2,(H,27,28). The summed E-state index contributed by atoms with van der Waals surface area (Å²) < 4.78 is 23.4. The molecule has 154 valence electrons. The molecule has 2 fully saturated rings. The minimum Gasteiger partial charge on any atom is -0.487 e. The summed E-state index contributed by atoms with van der Waals surface area (Å²) in [6.45, 7) is 1.44. The largest absolute Gasteiger partial charge is 0.487 e. The van der Waals surface area contributed by atoms with E-state index in [2.05, 4.69) is 5.43 Å². The van der Waals surface area contributed by atoms with Crippen molar-refractivity contribution in [1.82, 2.24) is 4.57 Å². The molecule has 0 radical (unpaired) electrons. The number of nitrogens with one attached hydrogen (secondary N) is 1. The fraction of sp³-hybridized carbons (Fsp3) is 0.474. The van der Waals surface area contributed by atoms with Crippen LogP contribution < -0.4 is 32.1 Å². The summed E-state index contributed by atoms with van der Waals surface area (Å²) in [6.07, 6.45) is 3.82. The average Bonchev–Trinajstić information content (AvgIpc) is 3.46. The van der Waals surface area contributed by atoms with E-state index in [-0.39, 0.29) is 40.5 Å². The van der Waals surface area contributed by atoms with Gasteiger partial charge in [-0.05, 0) is 31.7 Å². The second kappa shape index (κ2) is 6.33. The van der Waals surface area contributed by atoms with Crippen LogP contribution in [-0.2, 0) is 0 Å². The molecule has 5 rings (SSSR count). The van der Waals surface area contributed by atoms with E-state index >= 15 is 4.39 Å². The molecule has 2 aliphatic heterocycles. The van der Waals surface area contributed by atoms with Gasteiger partial charge in [0.05, 0.1) is 16.9 Å². The Morgan fingerprint density at radius 3 is 2.76 bits per heavy atom. The maximum Gasteiger partial charge on any atom is 0.341 e. The zero-order chi connectivity index (χ0) is 20.4. The van der Waals surface area contributed by atoms with Gasteiger partial charge in [-0.15, -0.1) is 0 Å². The molecule has 1 saturated carbocycles. The molecule has 1 aliphatic carbocycles. The number of nitrogens with two attached hydrogens (primary N) is 2. The van der Waals surface area contributed by atoms with Gasteiger partial charge < -0.3 is 30.5 Å². The molecule has 1 aromatic carbocycles. The summed E-state index contributed by atoms with van der Waals surface area (Å²) in [6, 6.07) is 0.0288. The first-order valence-corrected chi connectivity index (χ1v) is 9.70. The molecule has 0 spiro atoms. The Hall–Kier alpha value is -2.85. The normalized spacial score (nSPS) is 22.9. The minimum absolute atomic E-state index is 0.00647. The number of halogens is 1. The van der Waals surface area contributed by atoms with Crippen LogP contribution in [0.15, 0.2) is 11.0 Å². The van der Waals surface area contributed by atoms with Crippen molar-refractivity contribution >= 4 is 28.2 Å². The number of carboxylic acids is 1. The quantitative estimate of drug-likeness (QED) is 0.439. The molecular formula is C19H22FN5O4. The highest BCUT2D eigenvalue weighted by atomic mass is 19.1. The van der Waals surface area contributed by atoms with Crippen LogP contribution in [0.5, 0.6) is 5.75 Å².